The average molecular weight is 390 g/mol. The lowest BCUT2D eigenvalue weighted by Gasteiger charge is -2.23. The fourth-order valence-corrected chi connectivity index (χ4v) is 2.69. The maximum Gasteiger partial charge on any atom is 0.258 e. The number of amides is 1. The van der Waals surface area contributed by atoms with Crippen LogP contribution in [0.4, 0.5) is 18.9 Å². The number of para-hydroxylation sites is 1. The van der Waals surface area contributed by atoms with Crippen LogP contribution in [-0.4, -0.2) is 34.4 Å². The van der Waals surface area contributed by atoms with Crippen molar-refractivity contribution in [3.8, 4) is 0 Å². The van der Waals surface area contributed by atoms with Crippen molar-refractivity contribution in [2.45, 2.75) is 13.0 Å². The van der Waals surface area contributed by atoms with Crippen molar-refractivity contribution in [2.75, 3.05) is 18.9 Å². The lowest BCUT2D eigenvalue weighted by atomic mass is 10.2. The second-order valence-corrected chi connectivity index (χ2v) is 6.33. The summed E-state index contributed by atoms with van der Waals surface area (Å²) in [6.45, 7) is 1.54. The Hall–Kier alpha value is -3.20. The zero-order valence-electron chi connectivity index (χ0n) is 15.1. The highest BCUT2D eigenvalue weighted by Crippen LogP contribution is 2.20. The second kappa shape index (κ2) is 7.81. The number of carbonyl (C=O) groups is 1. The lowest BCUT2D eigenvalue weighted by Crippen LogP contribution is -2.34. The Kier molecular flexibility index (Phi) is 5.46. The lowest BCUT2D eigenvalue weighted by molar-refractivity contribution is -0.117. The van der Waals surface area contributed by atoms with Crippen LogP contribution in [0.3, 0.4) is 0 Å². The first-order chi connectivity index (χ1) is 13.3. The fourth-order valence-electron chi connectivity index (χ4n) is 2.69. The number of H-pyrrole nitrogens is 1. The van der Waals surface area contributed by atoms with Crippen LogP contribution >= 0.6 is 0 Å². The summed E-state index contributed by atoms with van der Waals surface area (Å²) in [7, 11) is 1.61. The Balaban J connectivity index is 1.74. The van der Waals surface area contributed by atoms with Gasteiger partial charge in [0.15, 0.2) is 17.5 Å². The Labute approximate surface area is 158 Å². The second-order valence-electron chi connectivity index (χ2n) is 6.33. The summed E-state index contributed by atoms with van der Waals surface area (Å²) in [5, 5.41) is 2.65. The number of aromatic amines is 1. The molecule has 28 heavy (non-hydrogen) atoms. The predicted octanol–water partition coefficient (Wildman–Crippen LogP) is 2.97. The smallest absolute Gasteiger partial charge is 0.258 e. The van der Waals surface area contributed by atoms with Gasteiger partial charge in [0.05, 0.1) is 29.2 Å². The minimum absolute atomic E-state index is 0.198. The van der Waals surface area contributed by atoms with Gasteiger partial charge in [0.2, 0.25) is 5.91 Å². The third-order valence-corrected chi connectivity index (χ3v) is 4.39. The van der Waals surface area contributed by atoms with Crippen LogP contribution in [0.5, 0.6) is 0 Å². The van der Waals surface area contributed by atoms with Crippen molar-refractivity contribution in [2.24, 2.45) is 0 Å². The molecule has 0 spiro atoms. The number of nitrogens with one attached hydrogen (secondary N) is 2. The molecule has 0 saturated heterocycles. The van der Waals surface area contributed by atoms with Crippen molar-refractivity contribution < 1.29 is 18.0 Å². The molecule has 0 aliphatic rings. The number of hydrogen-bond acceptors (Lipinski definition) is 4. The van der Waals surface area contributed by atoms with Gasteiger partial charge >= 0.3 is 0 Å². The molecule has 1 aromatic heterocycles. The number of carbonyl (C=O) groups excluding carboxylic acids is 1. The van der Waals surface area contributed by atoms with Gasteiger partial charge in [-0.25, -0.2) is 18.2 Å². The van der Waals surface area contributed by atoms with Crippen LogP contribution in [0.2, 0.25) is 0 Å². The molecule has 6 nitrogen and oxygen atoms in total. The number of rotatable bonds is 5. The Morgan fingerprint density at radius 3 is 2.64 bits per heavy atom. The minimum atomic E-state index is -1.66. The Morgan fingerprint density at radius 2 is 1.89 bits per heavy atom. The quantitative estimate of drug-likeness (QED) is 0.657. The molecule has 146 valence electrons. The maximum absolute atomic E-state index is 13.7. The average Bonchev–Trinajstić information content (AvgIpc) is 2.67. The van der Waals surface area contributed by atoms with Gasteiger partial charge in [0.25, 0.3) is 5.56 Å². The molecule has 0 fully saturated rings. The van der Waals surface area contributed by atoms with Crippen molar-refractivity contribution in [3.63, 3.8) is 0 Å². The van der Waals surface area contributed by atoms with Crippen LogP contribution in [0.15, 0.2) is 41.2 Å². The highest BCUT2D eigenvalue weighted by atomic mass is 19.2. The number of halogens is 3. The summed E-state index contributed by atoms with van der Waals surface area (Å²) >= 11 is 0. The summed E-state index contributed by atoms with van der Waals surface area (Å²) in [5.74, 6) is -4.74. The van der Waals surface area contributed by atoms with E-state index >= 15 is 0 Å². The van der Waals surface area contributed by atoms with Gasteiger partial charge in [-0.1, -0.05) is 12.1 Å². The van der Waals surface area contributed by atoms with E-state index in [0.717, 1.165) is 12.1 Å². The molecular formula is C19H17F3N4O2. The third-order valence-electron chi connectivity index (χ3n) is 4.39. The number of nitrogens with zero attached hydrogens (tertiary/aromatic N) is 2. The molecule has 1 atom stereocenters. The van der Waals surface area contributed by atoms with E-state index in [9.17, 15) is 22.8 Å². The summed E-state index contributed by atoms with van der Waals surface area (Å²) in [6, 6.07) is 8.08. The minimum Gasteiger partial charge on any atom is -0.322 e. The molecule has 0 aliphatic carbocycles. The predicted molar refractivity (Wildman–Crippen MR) is 98.4 cm³/mol. The molecule has 0 bridgehead atoms. The molecule has 2 N–H and O–H groups in total. The van der Waals surface area contributed by atoms with Crippen LogP contribution in [0.25, 0.3) is 10.9 Å². The molecule has 3 aromatic rings. The van der Waals surface area contributed by atoms with Crippen molar-refractivity contribution in [3.05, 3.63) is 70.0 Å². The van der Waals surface area contributed by atoms with Gasteiger partial charge in [0, 0.05) is 0 Å². The molecule has 1 heterocycles. The van der Waals surface area contributed by atoms with Crippen LogP contribution in [0, 0.1) is 17.5 Å². The van der Waals surface area contributed by atoms with E-state index in [0.29, 0.717) is 16.7 Å². The topological polar surface area (TPSA) is 78.1 Å². The van der Waals surface area contributed by atoms with E-state index in [1.54, 1.807) is 43.1 Å². The van der Waals surface area contributed by atoms with E-state index in [1.165, 1.54) is 0 Å². The summed E-state index contributed by atoms with van der Waals surface area (Å²) in [4.78, 5) is 33.0. The number of benzene rings is 2. The number of likely N-dealkylation sites (N-methyl/N-ethyl adjacent to an activating group) is 1. The van der Waals surface area contributed by atoms with Crippen LogP contribution < -0.4 is 10.9 Å². The van der Waals surface area contributed by atoms with Gasteiger partial charge < -0.3 is 10.3 Å². The monoisotopic (exact) mass is 390 g/mol. The number of fused-ring (bicyclic) bond motifs is 1. The van der Waals surface area contributed by atoms with Crippen LogP contribution in [-0.2, 0) is 4.79 Å². The van der Waals surface area contributed by atoms with Gasteiger partial charge in [-0.15, -0.1) is 0 Å². The number of hydrogen-bond donors (Lipinski definition) is 2. The first kappa shape index (κ1) is 19.6. The molecular weight excluding hydrogens is 373 g/mol. The molecule has 0 aliphatic heterocycles. The fraction of sp³-hybridized carbons (Fsp3) is 0.211. The van der Waals surface area contributed by atoms with E-state index in [1.807, 2.05) is 0 Å². The van der Waals surface area contributed by atoms with E-state index < -0.39 is 35.1 Å². The molecule has 3 rings (SSSR count). The zero-order valence-corrected chi connectivity index (χ0v) is 15.1. The van der Waals surface area contributed by atoms with E-state index in [2.05, 4.69) is 15.3 Å². The molecule has 2 aromatic carbocycles. The van der Waals surface area contributed by atoms with Gasteiger partial charge in [-0.2, -0.15) is 0 Å². The number of aromatic nitrogens is 2. The van der Waals surface area contributed by atoms with Crippen molar-refractivity contribution >= 4 is 22.5 Å². The zero-order chi connectivity index (χ0) is 20.4. The van der Waals surface area contributed by atoms with Gasteiger partial charge in [-0.3, -0.25) is 14.5 Å². The van der Waals surface area contributed by atoms with E-state index in [4.69, 9.17) is 0 Å². The van der Waals surface area contributed by atoms with Crippen molar-refractivity contribution in [1.29, 1.82) is 0 Å². The molecule has 0 unspecified atom stereocenters. The Bertz CT molecular complexity index is 1100. The Morgan fingerprint density at radius 1 is 1.18 bits per heavy atom. The van der Waals surface area contributed by atoms with Gasteiger partial charge in [-0.05, 0) is 38.2 Å². The molecule has 0 saturated carbocycles. The summed E-state index contributed by atoms with van der Waals surface area (Å²) in [5.41, 5.74) is -0.230. The third kappa shape index (κ3) is 3.89. The highest BCUT2D eigenvalue weighted by molar-refractivity contribution is 5.92. The van der Waals surface area contributed by atoms with E-state index in [-0.39, 0.29) is 12.1 Å². The molecule has 0 radical (unpaired) electrons. The first-order valence-corrected chi connectivity index (χ1v) is 8.40. The molecule has 9 heteroatoms. The largest absolute Gasteiger partial charge is 0.322 e. The van der Waals surface area contributed by atoms with Crippen molar-refractivity contribution in [1.82, 2.24) is 14.9 Å². The highest BCUT2D eigenvalue weighted by Gasteiger charge is 2.20. The van der Waals surface area contributed by atoms with Crippen LogP contribution in [0.1, 0.15) is 18.8 Å². The first-order valence-electron chi connectivity index (χ1n) is 8.40. The summed E-state index contributed by atoms with van der Waals surface area (Å²) in [6.07, 6.45) is 0. The number of anilines is 1. The maximum atomic E-state index is 13.7. The normalized spacial score (nSPS) is 12.4. The molecule has 1 amide bonds. The SMILES string of the molecule is C[C@H](c1nc2ccccc2c(=O)[nH]1)N(C)CC(=O)Nc1ccc(F)c(F)c1F. The van der Waals surface area contributed by atoms with Gasteiger partial charge in [0.1, 0.15) is 5.82 Å². The summed E-state index contributed by atoms with van der Waals surface area (Å²) < 4.78 is 39.9. The standard InChI is InChI=1S/C19H17F3N4O2/c1-10(18-24-13-6-4-3-5-11(13)19(28)25-18)26(2)9-15(27)23-14-8-7-12(20)16(21)17(14)22/h3-8,10H,9H2,1-2H3,(H,23,27)(H,24,25,28)/t10-/m1/s1.